The minimum absolute atomic E-state index is 0.0357. The summed E-state index contributed by atoms with van der Waals surface area (Å²) < 4.78 is 34.5. The molecule has 0 aliphatic rings. The molecule has 11 nitrogen and oxygen atoms in total. The number of nitrogens with zero attached hydrogens (tertiary/aromatic N) is 3. The fourth-order valence-electron chi connectivity index (χ4n) is 4.50. The molecule has 0 fully saturated rings. The number of rotatable bonds is 12. The number of likely N-dealkylation sites (N-methyl/N-ethyl adjacent to an activating group) is 1. The molecule has 2 amide bonds. The smallest absolute Gasteiger partial charge is 0.273 e. The lowest BCUT2D eigenvalue weighted by Crippen LogP contribution is -2.51. The first kappa shape index (κ1) is 32.4. The molecule has 1 atom stereocenters. The number of anilines is 1. The molecule has 0 spiro atoms. The molecule has 224 valence electrons. The van der Waals surface area contributed by atoms with E-state index < -0.39 is 49.9 Å². The van der Waals surface area contributed by atoms with Gasteiger partial charge in [-0.1, -0.05) is 48.9 Å². The van der Waals surface area contributed by atoms with Crippen molar-refractivity contribution in [1.29, 1.82) is 0 Å². The minimum Gasteiger partial charge on any atom is -0.495 e. The maximum atomic E-state index is 14.2. The van der Waals surface area contributed by atoms with E-state index in [1.54, 1.807) is 6.92 Å². The number of nitro groups is 1. The number of sulfonamides is 1. The highest BCUT2D eigenvalue weighted by molar-refractivity contribution is 7.92. The van der Waals surface area contributed by atoms with Crippen LogP contribution in [-0.2, 0) is 26.2 Å². The Morgan fingerprint density at radius 1 is 1.07 bits per heavy atom. The van der Waals surface area contributed by atoms with E-state index >= 15 is 0 Å². The Bertz CT molecular complexity index is 1600. The highest BCUT2D eigenvalue weighted by Crippen LogP contribution is 2.36. The first-order chi connectivity index (χ1) is 19.8. The third kappa shape index (κ3) is 7.00. The summed E-state index contributed by atoms with van der Waals surface area (Å²) in [7, 11) is -1.81. The summed E-state index contributed by atoms with van der Waals surface area (Å²) >= 11 is 6.24. The van der Waals surface area contributed by atoms with E-state index in [0.717, 1.165) is 21.5 Å². The summed E-state index contributed by atoms with van der Waals surface area (Å²) in [5, 5.41) is 14.4. The Morgan fingerprint density at radius 3 is 2.36 bits per heavy atom. The molecule has 3 rings (SSSR count). The molecule has 0 unspecified atom stereocenters. The van der Waals surface area contributed by atoms with Crippen molar-refractivity contribution in [1.82, 2.24) is 10.2 Å². The van der Waals surface area contributed by atoms with E-state index in [4.69, 9.17) is 16.3 Å². The minimum atomic E-state index is -4.60. The standard InChI is InChI=1S/C29H33ClN4O7S/c1-6-24(29(36)31-4)32(17-21-10-8-7-9-19(21)2)28(35)18-33(26-15-22(30)12-14-27(26)41-5)42(39,40)23-13-11-20(3)25(16-23)34(37)38/h7-16,24H,6,17-18H2,1-5H3,(H,31,36)/t24-/m0/s1. The van der Waals surface area contributed by atoms with Crippen molar-refractivity contribution < 1.29 is 27.7 Å². The highest BCUT2D eigenvalue weighted by atomic mass is 35.5. The van der Waals surface area contributed by atoms with Crippen molar-refractivity contribution in [2.45, 2.75) is 44.7 Å². The van der Waals surface area contributed by atoms with Crippen LogP contribution in [0.4, 0.5) is 11.4 Å². The molecule has 42 heavy (non-hydrogen) atoms. The van der Waals surface area contributed by atoms with E-state index in [0.29, 0.717) is 0 Å². The number of nitrogens with one attached hydrogen (secondary N) is 1. The number of benzene rings is 3. The second-order valence-corrected chi connectivity index (χ2v) is 11.8. The summed E-state index contributed by atoms with van der Waals surface area (Å²) in [5.41, 5.74) is 1.48. The normalized spacial score (nSPS) is 11.9. The third-order valence-electron chi connectivity index (χ3n) is 6.89. The van der Waals surface area contributed by atoms with Gasteiger partial charge in [-0.2, -0.15) is 0 Å². The topological polar surface area (TPSA) is 139 Å². The summed E-state index contributed by atoms with van der Waals surface area (Å²) in [6.45, 7) is 4.39. The molecular formula is C29H33ClN4O7S. The van der Waals surface area contributed by atoms with Crippen molar-refractivity contribution in [3.63, 3.8) is 0 Å². The molecule has 1 N–H and O–H groups in total. The average molecular weight is 617 g/mol. The van der Waals surface area contributed by atoms with Gasteiger partial charge in [-0.05, 0) is 55.7 Å². The summed E-state index contributed by atoms with van der Waals surface area (Å²) in [6, 6.07) is 14.2. The molecule has 3 aromatic carbocycles. The number of hydrogen-bond acceptors (Lipinski definition) is 7. The lowest BCUT2D eigenvalue weighted by molar-refractivity contribution is -0.385. The van der Waals surface area contributed by atoms with Gasteiger partial charge in [0.25, 0.3) is 15.7 Å². The van der Waals surface area contributed by atoms with E-state index in [1.807, 2.05) is 31.2 Å². The second-order valence-electron chi connectivity index (χ2n) is 9.52. The van der Waals surface area contributed by atoms with Crippen LogP contribution in [0.2, 0.25) is 5.02 Å². The molecule has 0 aliphatic heterocycles. The highest BCUT2D eigenvalue weighted by Gasteiger charge is 2.35. The number of halogens is 1. The molecular weight excluding hydrogens is 584 g/mol. The Kier molecular flexibility index (Phi) is 10.5. The number of carbonyl (C=O) groups is 2. The van der Waals surface area contributed by atoms with Crippen LogP contribution >= 0.6 is 11.6 Å². The maximum Gasteiger partial charge on any atom is 0.273 e. The fourth-order valence-corrected chi connectivity index (χ4v) is 6.11. The van der Waals surface area contributed by atoms with Crippen LogP contribution in [-0.4, -0.2) is 56.8 Å². The van der Waals surface area contributed by atoms with Crippen LogP contribution in [0.5, 0.6) is 5.75 Å². The monoisotopic (exact) mass is 616 g/mol. The molecule has 3 aromatic rings. The van der Waals surface area contributed by atoms with Crippen molar-refractivity contribution in [2.24, 2.45) is 0 Å². The SMILES string of the molecule is CC[C@@H](C(=O)NC)N(Cc1ccccc1C)C(=O)CN(c1cc(Cl)ccc1OC)S(=O)(=O)c1ccc(C)c([N+](=O)[O-])c1. The van der Waals surface area contributed by atoms with Crippen molar-refractivity contribution in [3.8, 4) is 5.75 Å². The van der Waals surface area contributed by atoms with Gasteiger partial charge in [0.05, 0.1) is 22.6 Å². The molecule has 13 heteroatoms. The predicted octanol–water partition coefficient (Wildman–Crippen LogP) is 4.62. The van der Waals surface area contributed by atoms with E-state index in [-0.39, 0.29) is 35.0 Å². The zero-order valence-electron chi connectivity index (χ0n) is 24.0. The number of ether oxygens (including phenoxy) is 1. The van der Waals surface area contributed by atoms with Crippen LogP contribution in [0, 0.1) is 24.0 Å². The molecule has 0 heterocycles. The number of hydrogen-bond donors (Lipinski definition) is 1. The molecule has 0 saturated carbocycles. The lowest BCUT2D eigenvalue weighted by Gasteiger charge is -2.33. The summed E-state index contributed by atoms with van der Waals surface area (Å²) in [4.78, 5) is 38.9. The van der Waals surface area contributed by atoms with Crippen molar-refractivity contribution in [2.75, 3.05) is 25.0 Å². The lowest BCUT2D eigenvalue weighted by atomic mass is 10.1. The maximum absolute atomic E-state index is 14.2. The van der Waals surface area contributed by atoms with Gasteiger partial charge in [-0.15, -0.1) is 0 Å². The van der Waals surface area contributed by atoms with Gasteiger partial charge < -0.3 is 15.0 Å². The third-order valence-corrected chi connectivity index (χ3v) is 8.88. The molecule has 0 radical (unpaired) electrons. The van der Waals surface area contributed by atoms with Crippen LogP contribution in [0.1, 0.15) is 30.0 Å². The van der Waals surface area contributed by atoms with Gasteiger partial charge >= 0.3 is 0 Å². The van der Waals surface area contributed by atoms with Gasteiger partial charge in [-0.25, -0.2) is 8.42 Å². The molecule has 0 aromatic heterocycles. The van der Waals surface area contributed by atoms with Crippen LogP contribution in [0.25, 0.3) is 0 Å². The van der Waals surface area contributed by atoms with E-state index in [9.17, 15) is 28.1 Å². The van der Waals surface area contributed by atoms with Crippen molar-refractivity contribution in [3.05, 3.63) is 92.5 Å². The number of carbonyl (C=O) groups excluding carboxylic acids is 2. The van der Waals surface area contributed by atoms with E-state index in [2.05, 4.69) is 5.32 Å². The fraction of sp³-hybridized carbons (Fsp3) is 0.310. The van der Waals surface area contributed by atoms with Gasteiger partial charge in [0, 0.05) is 30.2 Å². The van der Waals surface area contributed by atoms with Crippen LogP contribution in [0.3, 0.4) is 0 Å². The number of nitro benzene ring substituents is 1. The van der Waals surface area contributed by atoms with Gasteiger partial charge in [-0.3, -0.25) is 24.0 Å². The van der Waals surface area contributed by atoms with Crippen LogP contribution < -0.4 is 14.4 Å². The van der Waals surface area contributed by atoms with Gasteiger partial charge in [0.2, 0.25) is 11.8 Å². The second kappa shape index (κ2) is 13.7. The Labute approximate surface area is 250 Å². The van der Waals surface area contributed by atoms with Crippen LogP contribution in [0.15, 0.2) is 65.6 Å². The Morgan fingerprint density at radius 2 is 1.76 bits per heavy atom. The zero-order valence-corrected chi connectivity index (χ0v) is 25.5. The molecule has 0 saturated heterocycles. The number of amides is 2. The van der Waals surface area contributed by atoms with Gasteiger partial charge in [0.1, 0.15) is 18.3 Å². The number of aryl methyl sites for hydroxylation is 2. The first-order valence-corrected chi connectivity index (χ1v) is 14.8. The molecule has 0 aliphatic carbocycles. The van der Waals surface area contributed by atoms with Crippen molar-refractivity contribution >= 4 is 44.8 Å². The molecule has 0 bridgehead atoms. The summed E-state index contributed by atoms with van der Waals surface area (Å²) in [6.07, 6.45) is 0.259. The largest absolute Gasteiger partial charge is 0.495 e. The van der Waals surface area contributed by atoms with Gasteiger partial charge in [0.15, 0.2) is 0 Å². The summed E-state index contributed by atoms with van der Waals surface area (Å²) in [5.74, 6) is -0.995. The quantitative estimate of drug-likeness (QED) is 0.231. The predicted molar refractivity (Wildman–Crippen MR) is 160 cm³/mol. The Balaban J connectivity index is 2.20. The first-order valence-electron chi connectivity index (χ1n) is 13.0. The Hall–Kier alpha value is -4.16. The zero-order chi connectivity index (χ0) is 31.2. The van der Waals surface area contributed by atoms with E-state index in [1.165, 1.54) is 56.3 Å². The average Bonchev–Trinajstić information content (AvgIpc) is 2.96. The number of methoxy groups -OCH3 is 1.